The first-order valence-corrected chi connectivity index (χ1v) is 6.95. The molecule has 3 rings (SSSR count). The van der Waals surface area contributed by atoms with Gasteiger partial charge in [0.2, 0.25) is 0 Å². The van der Waals surface area contributed by atoms with Crippen LogP contribution in [-0.4, -0.2) is 20.6 Å². The van der Waals surface area contributed by atoms with Gasteiger partial charge in [-0.1, -0.05) is 0 Å². The number of carboxylic acid groups (broad SMARTS) is 1. The Morgan fingerprint density at radius 1 is 1.36 bits per heavy atom. The Bertz CT molecular complexity index is 828. The van der Waals surface area contributed by atoms with Crippen LogP contribution in [0.1, 0.15) is 22.9 Å². The predicted molar refractivity (Wildman–Crippen MR) is 73.7 cm³/mol. The molecule has 0 spiro atoms. The molecule has 4 nitrogen and oxygen atoms in total. The minimum atomic E-state index is -1.20. The summed E-state index contributed by atoms with van der Waals surface area (Å²) in [5, 5.41) is 8.88. The van der Waals surface area contributed by atoms with Crippen molar-refractivity contribution >= 4 is 18.2 Å². The second-order valence-electron chi connectivity index (χ2n) is 5.19. The number of H-pyrrole nitrogens is 1. The molecule has 1 aliphatic heterocycles. The highest BCUT2D eigenvalue weighted by atomic mass is 32.1. The molecule has 8 heteroatoms. The summed E-state index contributed by atoms with van der Waals surface area (Å²) in [5.74, 6) is -4.78. The normalized spacial score (nSPS) is 16.8. The van der Waals surface area contributed by atoms with Crippen molar-refractivity contribution in [2.24, 2.45) is 0 Å². The first kappa shape index (κ1) is 14.8. The highest BCUT2D eigenvalue weighted by Crippen LogP contribution is 2.35. The molecular formula is C14H11F3N2O2S. The second-order valence-corrected chi connectivity index (χ2v) is 5.58. The van der Waals surface area contributed by atoms with Crippen molar-refractivity contribution < 1.29 is 23.1 Å². The van der Waals surface area contributed by atoms with Gasteiger partial charge in [0.25, 0.3) is 0 Å². The van der Waals surface area contributed by atoms with E-state index in [2.05, 4.69) is 4.98 Å². The average Bonchev–Trinajstić information content (AvgIpc) is 2.97. The number of aromatic nitrogens is 2. The molecule has 2 aromatic rings. The van der Waals surface area contributed by atoms with E-state index in [1.165, 1.54) is 0 Å². The predicted octanol–water partition coefficient (Wildman–Crippen LogP) is 2.93. The van der Waals surface area contributed by atoms with Crippen molar-refractivity contribution in [3.63, 3.8) is 0 Å². The van der Waals surface area contributed by atoms with E-state index >= 15 is 0 Å². The van der Waals surface area contributed by atoms with E-state index in [1.54, 1.807) is 4.57 Å². The van der Waals surface area contributed by atoms with Crippen molar-refractivity contribution in [3.8, 4) is 0 Å². The van der Waals surface area contributed by atoms with Gasteiger partial charge in [0.1, 0.15) is 5.82 Å². The van der Waals surface area contributed by atoms with Crippen LogP contribution in [0.15, 0.2) is 12.1 Å². The Morgan fingerprint density at radius 3 is 2.73 bits per heavy atom. The zero-order valence-corrected chi connectivity index (χ0v) is 12.0. The first-order valence-electron chi connectivity index (χ1n) is 6.54. The number of carbonyl (C=O) groups is 1. The summed E-state index contributed by atoms with van der Waals surface area (Å²) in [6.45, 7) is 0.182. The highest BCUT2D eigenvalue weighted by Gasteiger charge is 2.32. The average molecular weight is 328 g/mol. The van der Waals surface area contributed by atoms with Gasteiger partial charge in [0, 0.05) is 29.4 Å². The van der Waals surface area contributed by atoms with Gasteiger partial charge in [-0.05, 0) is 30.8 Å². The Balaban J connectivity index is 2.01. The molecule has 2 heterocycles. The SMILES string of the molecule is O=C(O)Cc1[nH]c(=S)n2c1C[C@H](c1c(F)ccc(F)c1F)C2. The van der Waals surface area contributed by atoms with Crippen LogP contribution in [-0.2, 0) is 24.2 Å². The molecule has 0 radical (unpaired) electrons. The maximum absolute atomic E-state index is 13.9. The van der Waals surface area contributed by atoms with Gasteiger partial charge in [0.05, 0.1) is 6.42 Å². The summed E-state index contributed by atoms with van der Waals surface area (Å²) in [5.41, 5.74) is 0.692. The van der Waals surface area contributed by atoms with E-state index in [1.807, 2.05) is 0 Å². The van der Waals surface area contributed by atoms with Crippen LogP contribution in [0.2, 0.25) is 0 Å². The van der Waals surface area contributed by atoms with Crippen LogP contribution in [0.5, 0.6) is 0 Å². The minimum absolute atomic E-state index is 0.182. The number of carboxylic acids is 1. The number of nitrogens with one attached hydrogen (secondary N) is 1. The molecule has 0 saturated heterocycles. The van der Waals surface area contributed by atoms with Crippen molar-refractivity contribution in [1.82, 2.24) is 9.55 Å². The fraction of sp³-hybridized carbons (Fsp3) is 0.286. The van der Waals surface area contributed by atoms with Crippen LogP contribution in [0.4, 0.5) is 13.2 Å². The Morgan fingerprint density at radius 2 is 2.05 bits per heavy atom. The van der Waals surface area contributed by atoms with Crippen LogP contribution in [0, 0.1) is 22.2 Å². The van der Waals surface area contributed by atoms with Gasteiger partial charge in [-0.3, -0.25) is 4.79 Å². The standard InChI is InChI=1S/C14H11F3N2O2S/c15-7-1-2-8(16)13(17)12(7)6-3-10-9(4-11(20)21)18-14(22)19(10)5-6/h1-2,6H,3-5H2,(H,18,22)(H,20,21)/t6-/m0/s1. The fourth-order valence-electron chi connectivity index (χ4n) is 2.91. The van der Waals surface area contributed by atoms with Gasteiger partial charge in [-0.15, -0.1) is 0 Å². The number of hydrogen-bond donors (Lipinski definition) is 2. The zero-order chi connectivity index (χ0) is 16.0. The topological polar surface area (TPSA) is 58.0 Å². The molecule has 0 bridgehead atoms. The quantitative estimate of drug-likeness (QED) is 0.673. The summed E-state index contributed by atoms with van der Waals surface area (Å²) >= 11 is 5.10. The maximum atomic E-state index is 13.9. The molecule has 0 aliphatic carbocycles. The minimum Gasteiger partial charge on any atom is -0.481 e. The number of nitrogens with zero attached hydrogens (tertiary/aromatic N) is 1. The molecule has 22 heavy (non-hydrogen) atoms. The van der Waals surface area contributed by atoms with Gasteiger partial charge in [-0.25, -0.2) is 13.2 Å². The molecule has 116 valence electrons. The number of aliphatic carboxylic acids is 1. The molecule has 1 aliphatic rings. The number of hydrogen-bond acceptors (Lipinski definition) is 2. The van der Waals surface area contributed by atoms with Crippen molar-refractivity contribution in [1.29, 1.82) is 0 Å². The van der Waals surface area contributed by atoms with Crippen molar-refractivity contribution in [2.75, 3.05) is 0 Å². The zero-order valence-electron chi connectivity index (χ0n) is 11.2. The number of halogens is 3. The molecule has 1 atom stereocenters. The maximum Gasteiger partial charge on any atom is 0.309 e. The summed E-state index contributed by atoms with van der Waals surface area (Å²) < 4.78 is 43.0. The Labute approximate surface area is 128 Å². The number of fused-ring (bicyclic) bond motifs is 1. The Kier molecular flexibility index (Phi) is 3.56. The molecular weight excluding hydrogens is 317 g/mol. The first-order chi connectivity index (χ1) is 10.4. The lowest BCUT2D eigenvalue weighted by atomic mass is 9.95. The number of benzene rings is 1. The second kappa shape index (κ2) is 5.28. The Hall–Kier alpha value is -2.09. The molecule has 0 fully saturated rings. The smallest absolute Gasteiger partial charge is 0.309 e. The van der Waals surface area contributed by atoms with E-state index in [9.17, 15) is 18.0 Å². The van der Waals surface area contributed by atoms with Gasteiger partial charge >= 0.3 is 5.97 Å². The third-order valence-electron chi connectivity index (χ3n) is 3.84. The monoisotopic (exact) mass is 328 g/mol. The van der Waals surface area contributed by atoms with E-state index < -0.39 is 29.3 Å². The summed E-state index contributed by atoms with van der Waals surface area (Å²) in [7, 11) is 0. The molecule has 1 aromatic carbocycles. The highest BCUT2D eigenvalue weighted by molar-refractivity contribution is 7.71. The lowest BCUT2D eigenvalue weighted by Crippen LogP contribution is -2.09. The third-order valence-corrected chi connectivity index (χ3v) is 4.16. The number of rotatable bonds is 3. The lowest BCUT2D eigenvalue weighted by molar-refractivity contribution is -0.136. The fourth-order valence-corrected chi connectivity index (χ4v) is 3.21. The van der Waals surface area contributed by atoms with E-state index in [4.69, 9.17) is 17.3 Å². The lowest BCUT2D eigenvalue weighted by Gasteiger charge is -2.12. The molecule has 1 aromatic heterocycles. The third kappa shape index (κ3) is 2.33. The van der Waals surface area contributed by atoms with E-state index in [-0.39, 0.29) is 24.9 Å². The van der Waals surface area contributed by atoms with Crippen LogP contribution < -0.4 is 0 Å². The van der Waals surface area contributed by atoms with E-state index in [0.29, 0.717) is 16.2 Å². The number of imidazole rings is 1. The van der Waals surface area contributed by atoms with Crippen LogP contribution in [0.25, 0.3) is 0 Å². The van der Waals surface area contributed by atoms with Gasteiger partial charge in [0.15, 0.2) is 16.4 Å². The summed E-state index contributed by atoms with van der Waals surface area (Å²) in [6.07, 6.45) is -0.0557. The molecule has 2 N–H and O–H groups in total. The summed E-state index contributed by atoms with van der Waals surface area (Å²) in [4.78, 5) is 13.6. The van der Waals surface area contributed by atoms with Gasteiger partial charge < -0.3 is 14.7 Å². The van der Waals surface area contributed by atoms with Crippen LogP contribution >= 0.6 is 12.2 Å². The largest absolute Gasteiger partial charge is 0.481 e. The number of aromatic amines is 1. The van der Waals surface area contributed by atoms with Crippen molar-refractivity contribution in [3.05, 3.63) is 51.3 Å². The van der Waals surface area contributed by atoms with Crippen molar-refractivity contribution in [2.45, 2.75) is 25.3 Å². The van der Waals surface area contributed by atoms with E-state index in [0.717, 1.165) is 12.1 Å². The molecule has 0 amide bonds. The molecule has 0 unspecified atom stereocenters. The van der Waals surface area contributed by atoms with Gasteiger partial charge in [-0.2, -0.15) is 0 Å². The van der Waals surface area contributed by atoms with Crippen LogP contribution in [0.3, 0.4) is 0 Å². The molecule has 0 saturated carbocycles. The summed E-state index contributed by atoms with van der Waals surface area (Å²) in [6, 6.07) is 1.63.